The molecule has 6 atom stereocenters. The van der Waals surface area contributed by atoms with E-state index in [1.807, 2.05) is 0 Å². The summed E-state index contributed by atoms with van der Waals surface area (Å²) in [5.41, 5.74) is 18.1. The molecule has 252 valence electrons. The molecule has 1 aliphatic heterocycles. The summed E-state index contributed by atoms with van der Waals surface area (Å²) >= 11 is 0. The number of aryl methyl sites for hydroxylation is 3. The van der Waals surface area contributed by atoms with Gasteiger partial charge in [-0.25, -0.2) is 4.57 Å². The van der Waals surface area contributed by atoms with E-state index in [9.17, 15) is 0 Å². The van der Waals surface area contributed by atoms with Crippen molar-refractivity contribution >= 4 is 6.08 Å². The smallest absolute Gasteiger partial charge is 0.201 e. The highest BCUT2D eigenvalue weighted by Crippen LogP contribution is 2.58. The number of fused-ring (bicyclic) bond motifs is 13. The van der Waals surface area contributed by atoms with Gasteiger partial charge in [0.2, 0.25) is 11.4 Å². The molecule has 2 heteroatoms. The number of pyridine rings is 2. The average molecular weight is 649 g/mol. The standard InChI is InChI=1S/C47H56N2/c1-7-10-13-31-21-23-49-43(25-31)37-14-11-12-15-41(37)46(5,8-2)47(49,9-3)22-20-36-39(24-30(4)44-34-18-19-35(27-34)45(36)44)42-28-38-32-16-17-33(26-32)40(38)29-48(42)6/h11-12,14-15,20-25,28-29,32-35H,7-10,13,16-19,26-27H2,1-6H3/q+2. The lowest BCUT2D eigenvalue weighted by Crippen LogP contribution is -2.68. The van der Waals surface area contributed by atoms with Crippen molar-refractivity contribution in [3.63, 3.8) is 0 Å². The number of nitrogens with zero attached hydrogens (tertiary/aromatic N) is 2. The zero-order valence-corrected chi connectivity index (χ0v) is 30.9. The van der Waals surface area contributed by atoms with E-state index in [-0.39, 0.29) is 11.0 Å². The first-order valence-electron chi connectivity index (χ1n) is 19.9. The summed E-state index contributed by atoms with van der Waals surface area (Å²) in [7, 11) is 2.31. The van der Waals surface area contributed by atoms with Gasteiger partial charge in [-0.05, 0) is 152 Å². The highest BCUT2D eigenvalue weighted by molar-refractivity contribution is 5.79. The fourth-order valence-corrected chi connectivity index (χ4v) is 11.9. The van der Waals surface area contributed by atoms with E-state index in [0.29, 0.717) is 5.92 Å². The predicted molar refractivity (Wildman–Crippen MR) is 202 cm³/mol. The Morgan fingerprint density at radius 1 is 0.796 bits per heavy atom. The van der Waals surface area contributed by atoms with E-state index >= 15 is 0 Å². The number of hydrogen-bond acceptors (Lipinski definition) is 0. The SMILES string of the molecule is CCCCc1cc[n+]2c(c1)-c1ccccc1C(C)(CC)C2(C=Cc1c(-c2cc3c(c[n+]2C)C2CCC3C2)cc(C)c2c1C1CCC2C1)CC. The quantitative estimate of drug-likeness (QED) is 0.168. The monoisotopic (exact) mass is 648 g/mol. The first-order valence-corrected chi connectivity index (χ1v) is 19.9. The van der Waals surface area contributed by atoms with Crippen molar-refractivity contribution < 1.29 is 9.13 Å². The van der Waals surface area contributed by atoms with Gasteiger partial charge in [0.1, 0.15) is 7.05 Å². The minimum Gasteiger partial charge on any atom is -0.201 e. The van der Waals surface area contributed by atoms with Crippen LogP contribution in [0.1, 0.15) is 160 Å². The van der Waals surface area contributed by atoms with Gasteiger partial charge in [-0.3, -0.25) is 0 Å². The maximum atomic E-state index is 2.69. The number of aromatic nitrogens is 2. The van der Waals surface area contributed by atoms with Gasteiger partial charge < -0.3 is 0 Å². The molecule has 2 saturated carbocycles. The molecule has 5 aliphatic rings. The lowest BCUT2D eigenvalue weighted by Gasteiger charge is -2.46. The number of unbranched alkanes of at least 4 members (excludes halogenated alkanes) is 1. The third kappa shape index (κ3) is 4.37. The van der Waals surface area contributed by atoms with Crippen molar-refractivity contribution in [2.45, 2.75) is 140 Å². The molecule has 4 aliphatic carbocycles. The molecule has 2 aromatic carbocycles. The van der Waals surface area contributed by atoms with Crippen LogP contribution in [0.25, 0.3) is 28.6 Å². The molecule has 0 spiro atoms. The van der Waals surface area contributed by atoms with Crippen molar-refractivity contribution in [3.8, 4) is 22.5 Å². The molecule has 4 aromatic rings. The lowest BCUT2D eigenvalue weighted by molar-refractivity contribution is -0.756. The molecule has 0 saturated heterocycles. The van der Waals surface area contributed by atoms with Crippen LogP contribution in [0.5, 0.6) is 0 Å². The highest BCUT2D eigenvalue weighted by Gasteiger charge is 2.58. The summed E-state index contributed by atoms with van der Waals surface area (Å²) in [6.45, 7) is 12.1. The van der Waals surface area contributed by atoms with Gasteiger partial charge in [-0.1, -0.05) is 51.5 Å². The second kappa shape index (κ2) is 11.5. The highest BCUT2D eigenvalue weighted by atomic mass is 15.1. The summed E-state index contributed by atoms with van der Waals surface area (Å²) in [6, 6.07) is 19.5. The minimum atomic E-state index is -0.194. The van der Waals surface area contributed by atoms with Crippen LogP contribution in [-0.2, 0) is 24.4 Å². The molecule has 4 bridgehead atoms. The zero-order chi connectivity index (χ0) is 33.7. The van der Waals surface area contributed by atoms with Crippen LogP contribution in [0, 0.1) is 6.92 Å². The minimum absolute atomic E-state index is 0.0536. The van der Waals surface area contributed by atoms with Crippen LogP contribution in [0.2, 0.25) is 0 Å². The first kappa shape index (κ1) is 31.5. The van der Waals surface area contributed by atoms with Gasteiger partial charge in [0.25, 0.3) is 0 Å². The molecule has 6 unspecified atom stereocenters. The van der Waals surface area contributed by atoms with E-state index in [1.54, 1.807) is 22.3 Å². The average Bonchev–Trinajstić information content (AvgIpc) is 3.94. The molecule has 2 aromatic heterocycles. The number of allylic oxidation sites excluding steroid dienone is 1. The van der Waals surface area contributed by atoms with E-state index in [1.165, 1.54) is 96.1 Å². The summed E-state index contributed by atoms with van der Waals surface area (Å²) in [5.74, 6) is 2.97. The van der Waals surface area contributed by atoms with Crippen LogP contribution < -0.4 is 9.13 Å². The Labute approximate surface area is 295 Å². The summed E-state index contributed by atoms with van der Waals surface area (Å²) in [6.07, 6.45) is 24.2. The van der Waals surface area contributed by atoms with E-state index in [2.05, 4.69) is 124 Å². The van der Waals surface area contributed by atoms with Crippen LogP contribution in [0.15, 0.2) is 67.0 Å². The van der Waals surface area contributed by atoms with Crippen molar-refractivity contribution in [1.82, 2.24) is 0 Å². The zero-order valence-electron chi connectivity index (χ0n) is 30.9. The Morgan fingerprint density at radius 3 is 2.31 bits per heavy atom. The normalized spacial score (nSPS) is 28.6. The van der Waals surface area contributed by atoms with Crippen molar-refractivity contribution in [1.29, 1.82) is 0 Å². The first-order chi connectivity index (χ1) is 23.8. The molecular formula is C47H56N2+2. The molecule has 2 fully saturated rings. The Hall–Kier alpha value is -3.52. The van der Waals surface area contributed by atoms with Gasteiger partial charge in [-0.2, -0.15) is 4.57 Å². The van der Waals surface area contributed by atoms with Crippen molar-refractivity contribution in [2.75, 3.05) is 0 Å². The fourth-order valence-electron chi connectivity index (χ4n) is 11.9. The van der Waals surface area contributed by atoms with Crippen molar-refractivity contribution in [3.05, 3.63) is 112 Å². The van der Waals surface area contributed by atoms with Gasteiger partial charge >= 0.3 is 0 Å². The predicted octanol–water partition coefficient (Wildman–Crippen LogP) is 11.0. The van der Waals surface area contributed by atoms with E-state index in [4.69, 9.17) is 0 Å². The third-order valence-corrected chi connectivity index (χ3v) is 14.6. The second-order valence-electron chi connectivity index (χ2n) is 16.8. The molecule has 2 nitrogen and oxygen atoms in total. The molecule has 0 N–H and O–H groups in total. The Balaban J connectivity index is 1.27. The van der Waals surface area contributed by atoms with Gasteiger partial charge in [0, 0.05) is 30.2 Å². The molecule has 3 heterocycles. The Morgan fingerprint density at radius 2 is 1.53 bits per heavy atom. The lowest BCUT2D eigenvalue weighted by atomic mass is 9.59. The second-order valence-corrected chi connectivity index (χ2v) is 16.8. The largest absolute Gasteiger partial charge is 0.213 e. The van der Waals surface area contributed by atoms with Gasteiger partial charge in [0.15, 0.2) is 17.9 Å². The Kier molecular flexibility index (Phi) is 7.39. The van der Waals surface area contributed by atoms with Crippen LogP contribution in [0.3, 0.4) is 0 Å². The Bertz CT molecular complexity index is 2020. The van der Waals surface area contributed by atoms with Crippen molar-refractivity contribution in [2.24, 2.45) is 7.05 Å². The van der Waals surface area contributed by atoms with Crippen LogP contribution in [0.4, 0.5) is 0 Å². The third-order valence-electron chi connectivity index (χ3n) is 14.6. The van der Waals surface area contributed by atoms with Crippen LogP contribution in [-0.4, -0.2) is 0 Å². The summed E-state index contributed by atoms with van der Waals surface area (Å²) in [4.78, 5) is 0. The number of rotatable bonds is 8. The van der Waals surface area contributed by atoms with E-state index < -0.39 is 0 Å². The maximum absolute atomic E-state index is 2.69. The number of benzene rings is 2. The van der Waals surface area contributed by atoms with Crippen LogP contribution >= 0.6 is 0 Å². The molecule has 0 radical (unpaired) electrons. The van der Waals surface area contributed by atoms with E-state index in [0.717, 1.165) is 37.0 Å². The molecule has 0 amide bonds. The molecule has 9 rings (SSSR count). The van der Waals surface area contributed by atoms with Gasteiger partial charge in [-0.15, -0.1) is 0 Å². The maximum Gasteiger partial charge on any atom is 0.213 e. The van der Waals surface area contributed by atoms with Gasteiger partial charge in [0.05, 0.1) is 16.5 Å². The molecular weight excluding hydrogens is 593 g/mol. The summed E-state index contributed by atoms with van der Waals surface area (Å²) in [5, 5.41) is 0. The topological polar surface area (TPSA) is 7.76 Å². The number of hydrogen-bond donors (Lipinski definition) is 0. The fraction of sp³-hybridized carbons (Fsp3) is 0.489. The summed E-state index contributed by atoms with van der Waals surface area (Å²) < 4.78 is 5.17. The molecule has 49 heavy (non-hydrogen) atoms.